The topological polar surface area (TPSA) is 41.9 Å². The van der Waals surface area contributed by atoms with E-state index < -0.39 is 6.09 Å². The molecule has 1 fully saturated rings. The number of hydrogen-bond acceptors (Lipinski definition) is 3. The number of ether oxygens (including phenoxy) is 1. The fourth-order valence-electron chi connectivity index (χ4n) is 1.74. The van der Waals surface area contributed by atoms with Gasteiger partial charge in [0, 0.05) is 5.56 Å². The Morgan fingerprint density at radius 3 is 2.89 bits per heavy atom. The summed E-state index contributed by atoms with van der Waals surface area (Å²) < 4.78 is 18.3. The summed E-state index contributed by atoms with van der Waals surface area (Å²) in [5.41, 5.74) is 0.347. The lowest BCUT2D eigenvalue weighted by atomic mass is 10.1. The summed E-state index contributed by atoms with van der Waals surface area (Å²) in [5, 5.41) is 5.31. The molecule has 0 N–H and O–H groups in total. The Labute approximate surface area is 105 Å². The van der Waals surface area contributed by atoms with Gasteiger partial charge in [-0.05, 0) is 12.0 Å². The van der Waals surface area contributed by atoms with Crippen LogP contribution >= 0.6 is 0 Å². The number of amides is 1. The van der Waals surface area contributed by atoms with Crippen LogP contribution in [0, 0.1) is 11.7 Å². The van der Waals surface area contributed by atoms with Gasteiger partial charge in [-0.25, -0.2) is 9.18 Å². The maximum atomic E-state index is 13.4. The molecule has 0 saturated carbocycles. The molecule has 0 aromatic heterocycles. The Bertz CT molecular complexity index is 474. The second kappa shape index (κ2) is 5.16. The minimum Gasteiger partial charge on any atom is -0.446 e. The van der Waals surface area contributed by atoms with Crippen molar-refractivity contribution in [3.63, 3.8) is 0 Å². The van der Waals surface area contributed by atoms with E-state index in [0.717, 1.165) is 0 Å². The molecule has 1 amide bonds. The van der Waals surface area contributed by atoms with Crippen LogP contribution in [0.1, 0.15) is 19.4 Å². The third-order valence-electron chi connectivity index (χ3n) is 2.87. The first-order chi connectivity index (χ1) is 8.59. The van der Waals surface area contributed by atoms with E-state index in [1.807, 2.05) is 13.8 Å². The van der Waals surface area contributed by atoms with Gasteiger partial charge in [0.2, 0.25) is 0 Å². The van der Waals surface area contributed by atoms with Crippen LogP contribution in [-0.2, 0) is 4.74 Å². The number of carbonyl (C=O) groups is 1. The van der Waals surface area contributed by atoms with Gasteiger partial charge in [0.05, 0.1) is 12.3 Å². The normalized spacial score (nSPS) is 19.9. The first-order valence-corrected chi connectivity index (χ1v) is 5.84. The highest BCUT2D eigenvalue weighted by molar-refractivity contribution is 5.81. The Hall–Kier alpha value is -1.91. The summed E-state index contributed by atoms with van der Waals surface area (Å²) in [6.07, 6.45) is 0.860. The molecule has 96 valence electrons. The second-order valence-corrected chi connectivity index (χ2v) is 4.50. The number of hydrogen-bond donors (Lipinski definition) is 0. The van der Waals surface area contributed by atoms with Gasteiger partial charge in [-0.3, -0.25) is 0 Å². The predicted octanol–water partition coefficient (Wildman–Crippen LogP) is 2.64. The summed E-state index contributed by atoms with van der Waals surface area (Å²) in [6.45, 7) is 4.29. The minimum atomic E-state index is -0.485. The van der Waals surface area contributed by atoms with Gasteiger partial charge < -0.3 is 4.74 Å². The largest absolute Gasteiger partial charge is 0.446 e. The van der Waals surface area contributed by atoms with Gasteiger partial charge in [-0.2, -0.15) is 10.1 Å². The molecule has 1 aromatic rings. The lowest BCUT2D eigenvalue weighted by Gasteiger charge is -2.18. The number of hydrazone groups is 1. The molecular weight excluding hydrogens is 235 g/mol. The lowest BCUT2D eigenvalue weighted by Crippen LogP contribution is -2.33. The van der Waals surface area contributed by atoms with Crippen LogP contribution in [-0.4, -0.2) is 30.0 Å². The zero-order chi connectivity index (χ0) is 13.1. The second-order valence-electron chi connectivity index (χ2n) is 4.50. The Balaban J connectivity index is 2.17. The van der Waals surface area contributed by atoms with E-state index in [-0.39, 0.29) is 17.8 Å². The molecule has 0 radical (unpaired) electrons. The number of nitrogens with zero attached hydrogens (tertiary/aromatic N) is 2. The SMILES string of the molecule is CC(C)[C@H]1COC(=O)N1/N=C/c1ccccc1F. The van der Waals surface area contributed by atoms with Crippen LogP contribution < -0.4 is 0 Å². The molecular formula is C13H15FN2O2. The lowest BCUT2D eigenvalue weighted by molar-refractivity contribution is 0.158. The fourth-order valence-corrected chi connectivity index (χ4v) is 1.74. The van der Waals surface area contributed by atoms with E-state index in [4.69, 9.17) is 4.74 Å². The Morgan fingerprint density at radius 1 is 1.50 bits per heavy atom. The van der Waals surface area contributed by atoms with Gasteiger partial charge in [0.25, 0.3) is 0 Å². The fraction of sp³-hybridized carbons (Fsp3) is 0.385. The minimum absolute atomic E-state index is 0.0967. The average molecular weight is 250 g/mol. The zero-order valence-electron chi connectivity index (χ0n) is 10.3. The summed E-state index contributed by atoms with van der Waals surface area (Å²) in [7, 11) is 0. The van der Waals surface area contributed by atoms with Gasteiger partial charge in [0.15, 0.2) is 0 Å². The molecule has 1 aliphatic heterocycles. The van der Waals surface area contributed by atoms with Crippen molar-refractivity contribution < 1.29 is 13.9 Å². The number of rotatable bonds is 3. The van der Waals surface area contributed by atoms with Crippen LogP contribution in [0.5, 0.6) is 0 Å². The van der Waals surface area contributed by atoms with Gasteiger partial charge in [-0.1, -0.05) is 32.0 Å². The van der Waals surface area contributed by atoms with E-state index in [2.05, 4.69) is 5.10 Å². The summed E-state index contributed by atoms with van der Waals surface area (Å²) in [4.78, 5) is 11.5. The number of cyclic esters (lactones) is 1. The molecule has 4 nitrogen and oxygen atoms in total. The van der Waals surface area contributed by atoms with E-state index in [1.165, 1.54) is 17.3 Å². The summed E-state index contributed by atoms with van der Waals surface area (Å²) in [6, 6.07) is 6.18. The molecule has 1 heterocycles. The van der Waals surface area contributed by atoms with Crippen molar-refractivity contribution in [2.75, 3.05) is 6.61 Å². The van der Waals surface area contributed by atoms with E-state index in [9.17, 15) is 9.18 Å². The highest BCUT2D eigenvalue weighted by Gasteiger charge is 2.34. The van der Waals surface area contributed by atoms with Crippen LogP contribution in [0.25, 0.3) is 0 Å². The molecule has 1 aliphatic rings. The van der Waals surface area contributed by atoms with Crippen molar-refractivity contribution in [3.05, 3.63) is 35.6 Å². The van der Waals surface area contributed by atoms with Gasteiger partial charge >= 0.3 is 6.09 Å². The van der Waals surface area contributed by atoms with Crippen molar-refractivity contribution in [1.29, 1.82) is 0 Å². The van der Waals surface area contributed by atoms with Gasteiger partial charge in [0.1, 0.15) is 12.4 Å². The first-order valence-electron chi connectivity index (χ1n) is 5.84. The van der Waals surface area contributed by atoms with E-state index in [0.29, 0.717) is 12.2 Å². The van der Waals surface area contributed by atoms with Crippen LogP contribution in [0.3, 0.4) is 0 Å². The van der Waals surface area contributed by atoms with E-state index >= 15 is 0 Å². The molecule has 1 saturated heterocycles. The molecule has 1 atom stereocenters. The number of benzene rings is 1. The van der Waals surface area contributed by atoms with Crippen molar-refractivity contribution >= 4 is 12.3 Å². The first kappa shape index (κ1) is 12.5. The molecule has 1 aromatic carbocycles. The van der Waals surface area contributed by atoms with E-state index in [1.54, 1.807) is 18.2 Å². The molecule has 0 unspecified atom stereocenters. The average Bonchev–Trinajstić information content (AvgIpc) is 2.70. The van der Waals surface area contributed by atoms with Crippen LogP contribution in [0.4, 0.5) is 9.18 Å². The maximum absolute atomic E-state index is 13.4. The summed E-state index contributed by atoms with van der Waals surface area (Å²) >= 11 is 0. The number of carbonyl (C=O) groups excluding carboxylic acids is 1. The van der Waals surface area contributed by atoms with Crippen molar-refractivity contribution in [3.8, 4) is 0 Å². The summed E-state index contributed by atoms with van der Waals surface area (Å²) in [5.74, 6) is -0.135. The van der Waals surface area contributed by atoms with Crippen molar-refractivity contribution in [2.45, 2.75) is 19.9 Å². The monoisotopic (exact) mass is 250 g/mol. The smallest absolute Gasteiger partial charge is 0.430 e. The van der Waals surface area contributed by atoms with Gasteiger partial charge in [-0.15, -0.1) is 0 Å². The van der Waals surface area contributed by atoms with Crippen LogP contribution in [0.2, 0.25) is 0 Å². The van der Waals surface area contributed by atoms with Crippen molar-refractivity contribution in [2.24, 2.45) is 11.0 Å². The predicted molar refractivity (Wildman–Crippen MR) is 65.8 cm³/mol. The zero-order valence-corrected chi connectivity index (χ0v) is 10.3. The quantitative estimate of drug-likeness (QED) is 0.774. The third-order valence-corrected chi connectivity index (χ3v) is 2.87. The molecule has 5 heteroatoms. The molecule has 0 aliphatic carbocycles. The Morgan fingerprint density at radius 2 is 2.22 bits per heavy atom. The molecule has 2 rings (SSSR count). The van der Waals surface area contributed by atoms with Crippen LogP contribution in [0.15, 0.2) is 29.4 Å². The third kappa shape index (κ3) is 2.50. The number of halogens is 1. The molecule has 0 bridgehead atoms. The molecule has 0 spiro atoms. The standard InChI is InChI=1S/C13H15FN2O2/c1-9(2)12-8-18-13(17)16(12)15-7-10-5-3-4-6-11(10)14/h3-7,9,12H,8H2,1-2H3/b15-7+/t12-/m1/s1. The molecule has 18 heavy (non-hydrogen) atoms. The highest BCUT2D eigenvalue weighted by Crippen LogP contribution is 2.19. The maximum Gasteiger partial charge on any atom is 0.430 e. The highest BCUT2D eigenvalue weighted by atomic mass is 19.1. The van der Waals surface area contributed by atoms with Crippen molar-refractivity contribution in [1.82, 2.24) is 5.01 Å². The Kier molecular flexibility index (Phi) is 3.60.